The average Bonchev–Trinajstić information content (AvgIpc) is 2.67. The SMILES string of the molecule is CC1CCCCN1C(=O)COC(=O)c1ccc(-c2ccccc2)cc1. The first-order chi connectivity index (χ1) is 12.1. The number of rotatable bonds is 4. The number of carbonyl (C=O) groups excluding carboxylic acids is 2. The van der Waals surface area contributed by atoms with Gasteiger partial charge in [-0.1, -0.05) is 42.5 Å². The molecule has 0 aliphatic carbocycles. The maximum Gasteiger partial charge on any atom is 0.338 e. The van der Waals surface area contributed by atoms with Gasteiger partial charge in [0.1, 0.15) is 0 Å². The molecule has 0 spiro atoms. The number of carbonyl (C=O) groups is 2. The van der Waals surface area contributed by atoms with E-state index in [2.05, 4.69) is 0 Å². The highest BCUT2D eigenvalue weighted by atomic mass is 16.5. The zero-order chi connectivity index (χ0) is 17.6. The number of esters is 1. The lowest BCUT2D eigenvalue weighted by molar-refractivity contribution is -0.137. The summed E-state index contributed by atoms with van der Waals surface area (Å²) in [6.45, 7) is 2.61. The number of ether oxygens (including phenoxy) is 1. The number of likely N-dealkylation sites (tertiary alicyclic amines) is 1. The average molecular weight is 337 g/mol. The monoisotopic (exact) mass is 337 g/mol. The van der Waals surface area contributed by atoms with Crippen molar-refractivity contribution in [3.8, 4) is 11.1 Å². The Labute approximate surface area is 148 Å². The van der Waals surface area contributed by atoms with Gasteiger partial charge >= 0.3 is 5.97 Å². The van der Waals surface area contributed by atoms with Gasteiger partial charge in [0.15, 0.2) is 6.61 Å². The highest BCUT2D eigenvalue weighted by Gasteiger charge is 2.24. The summed E-state index contributed by atoms with van der Waals surface area (Å²) in [5, 5.41) is 0. The summed E-state index contributed by atoms with van der Waals surface area (Å²) in [4.78, 5) is 26.2. The minimum atomic E-state index is -0.461. The number of hydrogen-bond acceptors (Lipinski definition) is 3. The van der Waals surface area contributed by atoms with Crippen LogP contribution in [0.15, 0.2) is 54.6 Å². The van der Waals surface area contributed by atoms with Crippen LogP contribution in [-0.4, -0.2) is 36.0 Å². The predicted octanol–water partition coefficient (Wildman–Crippen LogP) is 3.91. The molecule has 3 rings (SSSR count). The number of amides is 1. The third-order valence-corrected chi connectivity index (χ3v) is 4.68. The van der Waals surface area contributed by atoms with Crippen LogP contribution in [0.3, 0.4) is 0 Å². The van der Waals surface area contributed by atoms with E-state index in [1.807, 2.05) is 54.3 Å². The second-order valence-electron chi connectivity index (χ2n) is 6.45. The Morgan fingerprint density at radius 3 is 2.36 bits per heavy atom. The van der Waals surface area contributed by atoms with Crippen LogP contribution < -0.4 is 0 Å². The standard InChI is InChI=1S/C21H23NO3/c1-16-7-5-6-14-22(16)20(23)15-25-21(24)19-12-10-18(11-13-19)17-8-3-2-4-9-17/h2-4,8-13,16H,5-7,14-15H2,1H3. The van der Waals surface area contributed by atoms with Gasteiger partial charge in [0, 0.05) is 12.6 Å². The van der Waals surface area contributed by atoms with Crippen LogP contribution in [0.5, 0.6) is 0 Å². The molecule has 1 atom stereocenters. The Bertz CT molecular complexity index is 725. The molecule has 1 aliphatic rings. The molecule has 0 saturated carbocycles. The smallest absolute Gasteiger partial charge is 0.338 e. The molecule has 0 bridgehead atoms. The molecule has 1 unspecified atom stereocenters. The van der Waals surface area contributed by atoms with Crippen molar-refractivity contribution in [3.05, 3.63) is 60.2 Å². The van der Waals surface area contributed by atoms with Crippen molar-refractivity contribution < 1.29 is 14.3 Å². The van der Waals surface area contributed by atoms with Gasteiger partial charge in [-0.3, -0.25) is 4.79 Å². The first-order valence-corrected chi connectivity index (χ1v) is 8.77. The predicted molar refractivity (Wildman–Crippen MR) is 97.2 cm³/mol. The van der Waals surface area contributed by atoms with E-state index in [-0.39, 0.29) is 18.6 Å². The molecule has 1 aliphatic heterocycles. The van der Waals surface area contributed by atoms with Crippen LogP contribution in [0.4, 0.5) is 0 Å². The van der Waals surface area contributed by atoms with Crippen molar-refractivity contribution in [3.63, 3.8) is 0 Å². The Balaban J connectivity index is 1.57. The highest BCUT2D eigenvalue weighted by molar-refractivity contribution is 5.92. The van der Waals surface area contributed by atoms with Crippen molar-refractivity contribution >= 4 is 11.9 Å². The van der Waals surface area contributed by atoms with Gasteiger partial charge < -0.3 is 9.64 Å². The van der Waals surface area contributed by atoms with Gasteiger partial charge in [-0.2, -0.15) is 0 Å². The molecule has 2 aromatic carbocycles. The van der Waals surface area contributed by atoms with E-state index in [4.69, 9.17) is 4.74 Å². The number of nitrogens with zero attached hydrogens (tertiary/aromatic N) is 1. The fourth-order valence-corrected chi connectivity index (χ4v) is 3.19. The molecule has 1 heterocycles. The van der Waals surface area contributed by atoms with Crippen molar-refractivity contribution in [2.75, 3.05) is 13.2 Å². The molecule has 1 fully saturated rings. The van der Waals surface area contributed by atoms with Crippen LogP contribution in [-0.2, 0) is 9.53 Å². The molecule has 0 N–H and O–H groups in total. The molecule has 1 amide bonds. The van der Waals surface area contributed by atoms with Crippen LogP contribution in [0.1, 0.15) is 36.5 Å². The van der Waals surface area contributed by atoms with Crippen molar-refractivity contribution in [1.82, 2.24) is 4.90 Å². The summed E-state index contributed by atoms with van der Waals surface area (Å²) in [5.74, 6) is -0.570. The van der Waals surface area contributed by atoms with E-state index in [1.165, 1.54) is 0 Å². The first-order valence-electron chi connectivity index (χ1n) is 8.77. The van der Waals surface area contributed by atoms with Gasteiger partial charge in [0.2, 0.25) is 0 Å². The Kier molecular flexibility index (Phi) is 5.49. The van der Waals surface area contributed by atoms with Crippen LogP contribution in [0, 0.1) is 0 Å². The normalized spacial score (nSPS) is 17.2. The third kappa shape index (κ3) is 4.27. The number of piperidine rings is 1. The summed E-state index contributed by atoms with van der Waals surface area (Å²) >= 11 is 0. The fourth-order valence-electron chi connectivity index (χ4n) is 3.19. The topological polar surface area (TPSA) is 46.6 Å². The molecular formula is C21H23NO3. The molecule has 130 valence electrons. The van der Waals surface area contributed by atoms with Crippen LogP contribution in [0.25, 0.3) is 11.1 Å². The Morgan fingerprint density at radius 2 is 1.68 bits per heavy atom. The van der Waals surface area contributed by atoms with Gasteiger partial charge in [0.05, 0.1) is 5.56 Å². The number of hydrogen-bond donors (Lipinski definition) is 0. The van der Waals surface area contributed by atoms with Crippen LogP contribution >= 0.6 is 0 Å². The molecular weight excluding hydrogens is 314 g/mol. The lowest BCUT2D eigenvalue weighted by Gasteiger charge is -2.33. The second-order valence-corrected chi connectivity index (χ2v) is 6.45. The fraction of sp³-hybridized carbons (Fsp3) is 0.333. The quantitative estimate of drug-likeness (QED) is 0.795. The van der Waals surface area contributed by atoms with E-state index in [0.717, 1.165) is 36.9 Å². The van der Waals surface area contributed by atoms with Gasteiger partial charge in [0.25, 0.3) is 5.91 Å². The number of benzene rings is 2. The minimum absolute atomic E-state index is 0.110. The van der Waals surface area contributed by atoms with E-state index < -0.39 is 5.97 Å². The van der Waals surface area contributed by atoms with E-state index in [1.54, 1.807) is 12.1 Å². The molecule has 1 saturated heterocycles. The lowest BCUT2D eigenvalue weighted by Crippen LogP contribution is -2.44. The second kappa shape index (κ2) is 7.97. The maximum absolute atomic E-state index is 12.2. The zero-order valence-corrected chi connectivity index (χ0v) is 14.5. The van der Waals surface area contributed by atoms with Gasteiger partial charge in [-0.25, -0.2) is 4.79 Å². The third-order valence-electron chi connectivity index (χ3n) is 4.68. The lowest BCUT2D eigenvalue weighted by atomic mass is 10.0. The zero-order valence-electron chi connectivity index (χ0n) is 14.5. The van der Waals surface area contributed by atoms with Crippen molar-refractivity contribution in [1.29, 1.82) is 0 Å². The van der Waals surface area contributed by atoms with Gasteiger partial charge in [-0.15, -0.1) is 0 Å². The van der Waals surface area contributed by atoms with Gasteiger partial charge in [-0.05, 0) is 49.4 Å². The first kappa shape index (κ1) is 17.2. The van der Waals surface area contributed by atoms with E-state index >= 15 is 0 Å². The highest BCUT2D eigenvalue weighted by Crippen LogP contribution is 2.20. The summed E-state index contributed by atoms with van der Waals surface area (Å²) in [7, 11) is 0. The largest absolute Gasteiger partial charge is 0.452 e. The molecule has 25 heavy (non-hydrogen) atoms. The Morgan fingerprint density at radius 1 is 1.00 bits per heavy atom. The maximum atomic E-state index is 12.2. The van der Waals surface area contributed by atoms with E-state index in [0.29, 0.717) is 5.56 Å². The minimum Gasteiger partial charge on any atom is -0.452 e. The summed E-state index contributed by atoms with van der Waals surface area (Å²) in [6.07, 6.45) is 3.18. The molecule has 2 aromatic rings. The summed E-state index contributed by atoms with van der Waals surface area (Å²) < 4.78 is 5.21. The molecule has 4 nitrogen and oxygen atoms in total. The summed E-state index contributed by atoms with van der Waals surface area (Å²) in [5.41, 5.74) is 2.59. The van der Waals surface area contributed by atoms with Crippen LogP contribution in [0.2, 0.25) is 0 Å². The van der Waals surface area contributed by atoms with E-state index in [9.17, 15) is 9.59 Å². The molecule has 0 radical (unpaired) electrons. The Hall–Kier alpha value is -2.62. The molecule has 0 aromatic heterocycles. The summed E-state index contributed by atoms with van der Waals surface area (Å²) in [6, 6.07) is 17.4. The van der Waals surface area contributed by atoms with Crippen molar-refractivity contribution in [2.24, 2.45) is 0 Å². The van der Waals surface area contributed by atoms with Crippen molar-refractivity contribution in [2.45, 2.75) is 32.2 Å². The molecule has 4 heteroatoms.